The maximum Gasteiger partial charge on any atom is 0.0193 e. The predicted molar refractivity (Wildman–Crippen MR) is 59.6 cm³/mol. The van der Waals surface area contributed by atoms with Crippen LogP contribution in [0.4, 0.5) is 0 Å². The molecule has 0 aliphatic carbocycles. The van der Waals surface area contributed by atoms with Gasteiger partial charge in [-0.15, -0.1) is 0 Å². The third kappa shape index (κ3) is 2.69. The van der Waals surface area contributed by atoms with E-state index in [2.05, 4.69) is 22.0 Å². The number of nitrogens with one attached hydrogen (secondary N) is 1. The van der Waals surface area contributed by atoms with Crippen LogP contribution in [-0.2, 0) is 0 Å². The first-order valence-corrected chi connectivity index (χ1v) is 6.03. The van der Waals surface area contributed by atoms with Crippen molar-refractivity contribution in [3.63, 3.8) is 0 Å². The summed E-state index contributed by atoms with van der Waals surface area (Å²) < 4.78 is 0. The van der Waals surface area contributed by atoms with Gasteiger partial charge in [-0.2, -0.15) is 0 Å². The molecule has 2 heterocycles. The summed E-state index contributed by atoms with van der Waals surface area (Å²) in [6.45, 7) is 11.1. The maximum atomic E-state index is 3.44. The van der Waals surface area contributed by atoms with Gasteiger partial charge in [-0.25, -0.2) is 0 Å². The SMILES string of the molecule is C[C@H]1CNCCN1CCN1CCCC1. The van der Waals surface area contributed by atoms with Gasteiger partial charge >= 0.3 is 0 Å². The molecule has 3 heteroatoms. The first kappa shape index (κ1) is 10.4. The van der Waals surface area contributed by atoms with Gasteiger partial charge in [0.2, 0.25) is 0 Å². The van der Waals surface area contributed by atoms with E-state index in [4.69, 9.17) is 0 Å². The van der Waals surface area contributed by atoms with E-state index in [1.54, 1.807) is 0 Å². The molecule has 14 heavy (non-hydrogen) atoms. The Balaban J connectivity index is 1.67. The van der Waals surface area contributed by atoms with Crippen LogP contribution in [0.3, 0.4) is 0 Å². The van der Waals surface area contributed by atoms with Crippen LogP contribution in [0.1, 0.15) is 19.8 Å². The topological polar surface area (TPSA) is 18.5 Å². The van der Waals surface area contributed by atoms with E-state index in [-0.39, 0.29) is 0 Å². The first-order valence-electron chi connectivity index (χ1n) is 6.03. The average Bonchev–Trinajstić information content (AvgIpc) is 2.69. The van der Waals surface area contributed by atoms with E-state index in [1.807, 2.05) is 0 Å². The molecular formula is C11H23N3. The highest BCUT2D eigenvalue weighted by Gasteiger charge is 2.19. The van der Waals surface area contributed by atoms with E-state index >= 15 is 0 Å². The molecule has 3 nitrogen and oxygen atoms in total. The quantitative estimate of drug-likeness (QED) is 0.705. The van der Waals surface area contributed by atoms with Crippen molar-refractivity contribution in [3.05, 3.63) is 0 Å². The molecule has 82 valence electrons. The molecule has 0 spiro atoms. The molecule has 0 unspecified atom stereocenters. The van der Waals surface area contributed by atoms with Gasteiger partial charge in [-0.1, -0.05) is 0 Å². The third-order valence-corrected chi connectivity index (χ3v) is 3.54. The number of likely N-dealkylation sites (tertiary alicyclic amines) is 1. The molecule has 2 aliphatic rings. The molecule has 0 aromatic rings. The fourth-order valence-electron chi connectivity index (χ4n) is 2.49. The molecule has 0 aromatic carbocycles. The maximum absolute atomic E-state index is 3.44. The third-order valence-electron chi connectivity index (χ3n) is 3.54. The fraction of sp³-hybridized carbons (Fsp3) is 1.00. The molecule has 2 aliphatic heterocycles. The normalized spacial score (nSPS) is 31.1. The molecule has 2 rings (SSSR count). The van der Waals surface area contributed by atoms with Crippen molar-refractivity contribution in [1.82, 2.24) is 15.1 Å². The van der Waals surface area contributed by atoms with Crippen LogP contribution in [0.2, 0.25) is 0 Å². The van der Waals surface area contributed by atoms with Gasteiger partial charge < -0.3 is 10.2 Å². The molecule has 0 amide bonds. The zero-order valence-corrected chi connectivity index (χ0v) is 9.34. The lowest BCUT2D eigenvalue weighted by Crippen LogP contribution is -2.51. The van der Waals surface area contributed by atoms with Gasteiger partial charge in [0.05, 0.1) is 0 Å². The minimum Gasteiger partial charge on any atom is -0.314 e. The Morgan fingerprint density at radius 2 is 1.93 bits per heavy atom. The van der Waals surface area contributed by atoms with E-state index in [0.29, 0.717) is 0 Å². The lowest BCUT2D eigenvalue weighted by molar-refractivity contribution is 0.153. The van der Waals surface area contributed by atoms with Gasteiger partial charge in [0, 0.05) is 38.8 Å². The molecule has 0 aromatic heterocycles. The summed E-state index contributed by atoms with van der Waals surface area (Å²) >= 11 is 0. The molecule has 0 bridgehead atoms. The summed E-state index contributed by atoms with van der Waals surface area (Å²) in [7, 11) is 0. The Hall–Kier alpha value is -0.120. The number of hydrogen-bond acceptors (Lipinski definition) is 3. The number of piperazine rings is 1. The summed E-state index contributed by atoms with van der Waals surface area (Å²) in [5, 5.41) is 3.44. The van der Waals surface area contributed by atoms with Crippen LogP contribution < -0.4 is 5.32 Å². The van der Waals surface area contributed by atoms with Crippen molar-refractivity contribution in [2.24, 2.45) is 0 Å². The summed E-state index contributed by atoms with van der Waals surface area (Å²) in [5.41, 5.74) is 0. The van der Waals surface area contributed by atoms with Crippen molar-refractivity contribution < 1.29 is 0 Å². The van der Waals surface area contributed by atoms with Crippen LogP contribution in [0.15, 0.2) is 0 Å². The van der Waals surface area contributed by atoms with E-state index in [1.165, 1.54) is 58.7 Å². The second kappa shape index (κ2) is 5.10. The Morgan fingerprint density at radius 3 is 2.64 bits per heavy atom. The molecule has 0 saturated carbocycles. The van der Waals surface area contributed by atoms with Crippen LogP contribution >= 0.6 is 0 Å². The molecular weight excluding hydrogens is 174 g/mol. The molecule has 2 saturated heterocycles. The largest absolute Gasteiger partial charge is 0.314 e. The molecule has 1 atom stereocenters. The van der Waals surface area contributed by atoms with Crippen molar-refractivity contribution in [3.8, 4) is 0 Å². The monoisotopic (exact) mass is 197 g/mol. The lowest BCUT2D eigenvalue weighted by atomic mass is 10.2. The second-order valence-corrected chi connectivity index (χ2v) is 4.64. The number of rotatable bonds is 3. The summed E-state index contributed by atoms with van der Waals surface area (Å²) in [5.74, 6) is 0. The summed E-state index contributed by atoms with van der Waals surface area (Å²) in [4.78, 5) is 5.23. The van der Waals surface area contributed by atoms with Crippen molar-refractivity contribution >= 4 is 0 Å². The van der Waals surface area contributed by atoms with Crippen molar-refractivity contribution in [1.29, 1.82) is 0 Å². The van der Waals surface area contributed by atoms with E-state index in [0.717, 1.165) is 6.04 Å². The highest BCUT2D eigenvalue weighted by molar-refractivity contribution is 4.77. The predicted octanol–water partition coefficient (Wildman–Crippen LogP) is 0.376. The highest BCUT2D eigenvalue weighted by Crippen LogP contribution is 2.08. The van der Waals surface area contributed by atoms with E-state index < -0.39 is 0 Å². The highest BCUT2D eigenvalue weighted by atomic mass is 15.2. The van der Waals surface area contributed by atoms with Crippen molar-refractivity contribution in [2.75, 3.05) is 45.8 Å². The minimum atomic E-state index is 0.728. The zero-order valence-electron chi connectivity index (χ0n) is 9.34. The van der Waals surface area contributed by atoms with Gasteiger partial charge in [0.1, 0.15) is 0 Å². The van der Waals surface area contributed by atoms with E-state index in [9.17, 15) is 0 Å². The summed E-state index contributed by atoms with van der Waals surface area (Å²) in [6, 6.07) is 0.728. The minimum absolute atomic E-state index is 0.728. The first-order chi connectivity index (χ1) is 6.86. The van der Waals surface area contributed by atoms with Gasteiger partial charge in [0.25, 0.3) is 0 Å². The smallest absolute Gasteiger partial charge is 0.0193 e. The van der Waals surface area contributed by atoms with Crippen LogP contribution in [-0.4, -0.2) is 61.7 Å². The number of nitrogens with zero attached hydrogens (tertiary/aromatic N) is 2. The van der Waals surface area contributed by atoms with Crippen LogP contribution in [0, 0.1) is 0 Å². The van der Waals surface area contributed by atoms with Gasteiger partial charge in [0.15, 0.2) is 0 Å². The second-order valence-electron chi connectivity index (χ2n) is 4.64. The Morgan fingerprint density at radius 1 is 1.14 bits per heavy atom. The average molecular weight is 197 g/mol. The Labute approximate surface area is 87.4 Å². The summed E-state index contributed by atoms with van der Waals surface area (Å²) in [6.07, 6.45) is 2.83. The Bertz CT molecular complexity index is 166. The fourth-order valence-corrected chi connectivity index (χ4v) is 2.49. The van der Waals surface area contributed by atoms with Crippen LogP contribution in [0.25, 0.3) is 0 Å². The van der Waals surface area contributed by atoms with Crippen molar-refractivity contribution in [2.45, 2.75) is 25.8 Å². The lowest BCUT2D eigenvalue weighted by Gasteiger charge is -2.34. The molecule has 1 N–H and O–H groups in total. The van der Waals surface area contributed by atoms with Gasteiger partial charge in [-0.3, -0.25) is 4.90 Å². The zero-order chi connectivity index (χ0) is 9.80. The molecule has 2 fully saturated rings. The molecule has 0 radical (unpaired) electrons. The number of hydrogen-bond donors (Lipinski definition) is 1. The van der Waals surface area contributed by atoms with Gasteiger partial charge in [-0.05, 0) is 32.9 Å². The standard InChI is InChI=1S/C11H23N3/c1-11-10-12-4-7-14(11)9-8-13-5-2-3-6-13/h11-12H,2-10H2,1H3/t11-/m0/s1. The van der Waals surface area contributed by atoms with Crippen LogP contribution in [0.5, 0.6) is 0 Å². The Kier molecular flexibility index (Phi) is 3.79.